The van der Waals surface area contributed by atoms with E-state index in [-0.39, 0.29) is 4.31 Å². The molecule has 0 unspecified atom stereocenters. The Morgan fingerprint density at radius 1 is 1.18 bits per heavy atom. The Hall–Kier alpha value is -0.870. The topological polar surface area (TPSA) is 118 Å². The molecule has 0 aromatic carbocycles. The standard InChI is InChI=1S/C6H11ClN2O6S2/c1-16(12,13)8-5(10)4-9(6(11)3-7)17(2,14)15/h3-4H2,1-2H3,(H,8,10). The minimum absolute atomic E-state index is 0.195. The predicted molar refractivity (Wildman–Crippen MR) is 60.3 cm³/mol. The molecule has 0 aliphatic carbocycles. The van der Waals surface area contributed by atoms with E-state index in [9.17, 15) is 26.4 Å². The molecule has 0 heterocycles. The van der Waals surface area contributed by atoms with E-state index in [4.69, 9.17) is 11.6 Å². The van der Waals surface area contributed by atoms with Crippen LogP contribution in [0, 0.1) is 0 Å². The average molecular weight is 307 g/mol. The van der Waals surface area contributed by atoms with Gasteiger partial charge in [-0.1, -0.05) is 0 Å². The van der Waals surface area contributed by atoms with Crippen LogP contribution in [0.5, 0.6) is 0 Å². The minimum atomic E-state index is -3.98. The summed E-state index contributed by atoms with van der Waals surface area (Å²) in [7, 11) is -7.80. The van der Waals surface area contributed by atoms with Gasteiger partial charge in [0.2, 0.25) is 20.0 Å². The molecule has 1 N–H and O–H groups in total. The molecule has 0 aromatic rings. The summed E-state index contributed by atoms with van der Waals surface area (Å²) in [6, 6.07) is 0. The highest BCUT2D eigenvalue weighted by molar-refractivity contribution is 7.89. The van der Waals surface area contributed by atoms with Gasteiger partial charge in [0.1, 0.15) is 12.4 Å². The number of amides is 2. The Morgan fingerprint density at radius 2 is 1.65 bits per heavy atom. The fourth-order valence-corrected chi connectivity index (χ4v) is 2.31. The first-order chi connectivity index (χ1) is 7.47. The molecule has 0 radical (unpaired) electrons. The van der Waals surface area contributed by atoms with Crippen molar-refractivity contribution in [3.63, 3.8) is 0 Å². The summed E-state index contributed by atoms with van der Waals surface area (Å²) in [5.41, 5.74) is 0. The number of nitrogens with zero attached hydrogens (tertiary/aromatic N) is 1. The molecule has 17 heavy (non-hydrogen) atoms. The van der Waals surface area contributed by atoms with Gasteiger partial charge in [0.15, 0.2) is 0 Å². The fraction of sp³-hybridized carbons (Fsp3) is 0.667. The van der Waals surface area contributed by atoms with Gasteiger partial charge in [-0.3, -0.25) is 14.3 Å². The first-order valence-electron chi connectivity index (χ1n) is 4.04. The summed E-state index contributed by atoms with van der Waals surface area (Å²) in [4.78, 5) is 22.3. The van der Waals surface area contributed by atoms with E-state index >= 15 is 0 Å². The quantitative estimate of drug-likeness (QED) is 0.592. The number of carbonyl (C=O) groups is 2. The van der Waals surface area contributed by atoms with Crippen molar-refractivity contribution in [1.29, 1.82) is 0 Å². The highest BCUT2D eigenvalue weighted by atomic mass is 35.5. The fourth-order valence-electron chi connectivity index (χ4n) is 0.827. The Kier molecular flexibility index (Phi) is 5.36. The number of hydrogen-bond acceptors (Lipinski definition) is 6. The third-order valence-corrected chi connectivity index (χ3v) is 3.34. The zero-order chi connectivity index (χ0) is 13.9. The van der Waals surface area contributed by atoms with Gasteiger partial charge in [0.05, 0.1) is 12.5 Å². The minimum Gasteiger partial charge on any atom is -0.272 e. The Balaban J connectivity index is 4.92. The Bertz CT molecular complexity index is 511. The molecular weight excluding hydrogens is 296 g/mol. The second kappa shape index (κ2) is 5.65. The molecule has 100 valence electrons. The van der Waals surface area contributed by atoms with Crippen LogP contribution in [0.1, 0.15) is 0 Å². The highest BCUT2D eigenvalue weighted by Crippen LogP contribution is 2.00. The zero-order valence-electron chi connectivity index (χ0n) is 9.01. The van der Waals surface area contributed by atoms with Crippen LogP contribution in [-0.2, 0) is 29.6 Å². The summed E-state index contributed by atoms with van der Waals surface area (Å²) < 4.78 is 45.4. The molecule has 0 aliphatic heterocycles. The molecule has 11 heteroatoms. The summed E-state index contributed by atoms with van der Waals surface area (Å²) in [5.74, 6) is -2.80. The predicted octanol–water partition coefficient (Wildman–Crippen LogP) is -1.91. The SMILES string of the molecule is CS(=O)(=O)NC(=O)CN(C(=O)CCl)S(C)(=O)=O. The Morgan fingerprint density at radius 3 is 1.94 bits per heavy atom. The lowest BCUT2D eigenvalue weighted by atomic mass is 10.6. The van der Waals surface area contributed by atoms with Crippen molar-refractivity contribution in [3.8, 4) is 0 Å². The third-order valence-electron chi connectivity index (χ3n) is 1.38. The van der Waals surface area contributed by atoms with Crippen LogP contribution >= 0.6 is 11.6 Å². The number of carbonyl (C=O) groups excluding carboxylic acids is 2. The molecule has 0 saturated carbocycles. The molecule has 0 aliphatic rings. The van der Waals surface area contributed by atoms with Crippen molar-refractivity contribution in [3.05, 3.63) is 0 Å². The van der Waals surface area contributed by atoms with Crippen molar-refractivity contribution >= 4 is 43.5 Å². The van der Waals surface area contributed by atoms with E-state index in [0.29, 0.717) is 6.26 Å². The molecule has 0 spiro atoms. The summed E-state index contributed by atoms with van der Waals surface area (Å²) in [5, 5.41) is 0. The number of halogens is 1. The van der Waals surface area contributed by atoms with Crippen LogP contribution in [0.15, 0.2) is 0 Å². The first-order valence-corrected chi connectivity index (χ1v) is 8.32. The van der Waals surface area contributed by atoms with Crippen LogP contribution < -0.4 is 4.72 Å². The number of sulfonamides is 2. The zero-order valence-corrected chi connectivity index (χ0v) is 11.4. The molecule has 0 aromatic heterocycles. The van der Waals surface area contributed by atoms with Crippen molar-refractivity contribution in [2.75, 3.05) is 24.9 Å². The lowest BCUT2D eigenvalue weighted by molar-refractivity contribution is -0.129. The van der Waals surface area contributed by atoms with E-state index in [1.807, 2.05) is 0 Å². The second-order valence-corrected chi connectivity index (χ2v) is 7.02. The van der Waals surface area contributed by atoms with E-state index in [0.717, 1.165) is 6.26 Å². The maximum Gasteiger partial charge on any atom is 0.254 e. The molecule has 0 rings (SSSR count). The van der Waals surface area contributed by atoms with E-state index in [1.165, 1.54) is 4.72 Å². The van der Waals surface area contributed by atoms with Gasteiger partial charge in [-0.2, -0.15) is 0 Å². The molecular formula is C6H11ClN2O6S2. The van der Waals surface area contributed by atoms with Crippen LogP contribution in [0.4, 0.5) is 0 Å². The summed E-state index contributed by atoms with van der Waals surface area (Å²) in [6.45, 7) is -0.933. The smallest absolute Gasteiger partial charge is 0.254 e. The summed E-state index contributed by atoms with van der Waals surface area (Å²) >= 11 is 5.16. The van der Waals surface area contributed by atoms with Crippen LogP contribution in [0.3, 0.4) is 0 Å². The van der Waals surface area contributed by atoms with Gasteiger partial charge in [-0.05, 0) is 0 Å². The van der Waals surface area contributed by atoms with Crippen molar-refractivity contribution in [2.24, 2.45) is 0 Å². The lowest BCUT2D eigenvalue weighted by Gasteiger charge is -2.18. The maximum absolute atomic E-state index is 11.1. The van der Waals surface area contributed by atoms with Crippen LogP contribution in [0.2, 0.25) is 0 Å². The average Bonchev–Trinajstić information content (AvgIpc) is 2.08. The first kappa shape index (κ1) is 16.1. The van der Waals surface area contributed by atoms with Crippen molar-refractivity contribution in [2.45, 2.75) is 0 Å². The van der Waals surface area contributed by atoms with Gasteiger partial charge >= 0.3 is 0 Å². The highest BCUT2D eigenvalue weighted by Gasteiger charge is 2.25. The third kappa shape index (κ3) is 6.44. The molecule has 8 nitrogen and oxygen atoms in total. The van der Waals surface area contributed by atoms with E-state index < -0.39 is 44.3 Å². The second-order valence-electron chi connectivity index (χ2n) is 3.09. The molecule has 0 saturated heterocycles. The number of nitrogens with one attached hydrogen (secondary N) is 1. The van der Waals surface area contributed by atoms with Gasteiger partial charge in [-0.25, -0.2) is 21.1 Å². The van der Waals surface area contributed by atoms with E-state index in [2.05, 4.69) is 0 Å². The molecule has 2 amide bonds. The van der Waals surface area contributed by atoms with Crippen LogP contribution in [-0.4, -0.2) is 57.9 Å². The van der Waals surface area contributed by atoms with Gasteiger partial charge in [0.25, 0.3) is 11.8 Å². The normalized spacial score (nSPS) is 11.9. The Labute approximate surface area is 104 Å². The maximum atomic E-state index is 11.1. The number of rotatable bonds is 5. The summed E-state index contributed by atoms with van der Waals surface area (Å²) in [6.07, 6.45) is 1.42. The monoisotopic (exact) mass is 306 g/mol. The van der Waals surface area contributed by atoms with Crippen LogP contribution in [0.25, 0.3) is 0 Å². The van der Waals surface area contributed by atoms with E-state index in [1.54, 1.807) is 0 Å². The molecule has 0 bridgehead atoms. The molecule has 0 fully saturated rings. The van der Waals surface area contributed by atoms with Gasteiger partial charge < -0.3 is 0 Å². The van der Waals surface area contributed by atoms with Gasteiger partial charge in [0, 0.05) is 0 Å². The number of hydrogen-bond donors (Lipinski definition) is 1. The lowest BCUT2D eigenvalue weighted by Crippen LogP contribution is -2.45. The van der Waals surface area contributed by atoms with Crippen molar-refractivity contribution in [1.82, 2.24) is 9.03 Å². The van der Waals surface area contributed by atoms with Gasteiger partial charge in [-0.15, -0.1) is 11.6 Å². The van der Waals surface area contributed by atoms with Crippen molar-refractivity contribution < 1.29 is 26.4 Å². The molecule has 0 atom stereocenters. The largest absolute Gasteiger partial charge is 0.272 e. The number of alkyl halides is 1.